The standard InChI is InChI=1S/C18H18FNS/c1-12(15-8-4-5-9-16(15)19)20-13(2)18-11-14-7-3-6-10-17(14)21-18/h3-13,20H,1-2H3/t12-,13?/m1/s1. The van der Waals surface area contributed by atoms with Gasteiger partial charge in [-0.2, -0.15) is 0 Å². The van der Waals surface area contributed by atoms with Crippen LogP contribution in [0.1, 0.15) is 36.4 Å². The third kappa shape index (κ3) is 2.99. The van der Waals surface area contributed by atoms with Crippen LogP contribution in [-0.4, -0.2) is 0 Å². The Hall–Kier alpha value is -1.71. The van der Waals surface area contributed by atoms with E-state index in [-0.39, 0.29) is 17.9 Å². The summed E-state index contributed by atoms with van der Waals surface area (Å²) in [6, 6.07) is 17.7. The van der Waals surface area contributed by atoms with Gasteiger partial charge in [-0.05, 0) is 37.4 Å². The molecule has 0 aliphatic carbocycles. The second kappa shape index (κ2) is 5.96. The first-order chi connectivity index (χ1) is 10.1. The number of thiophene rings is 1. The number of hydrogen-bond acceptors (Lipinski definition) is 2. The third-order valence-electron chi connectivity index (χ3n) is 3.74. The van der Waals surface area contributed by atoms with Gasteiger partial charge < -0.3 is 5.32 Å². The van der Waals surface area contributed by atoms with E-state index >= 15 is 0 Å². The minimum absolute atomic E-state index is 0.0218. The monoisotopic (exact) mass is 299 g/mol. The van der Waals surface area contributed by atoms with Crippen LogP contribution in [0.4, 0.5) is 4.39 Å². The fourth-order valence-electron chi connectivity index (χ4n) is 2.59. The van der Waals surface area contributed by atoms with Crippen LogP contribution in [0.3, 0.4) is 0 Å². The van der Waals surface area contributed by atoms with E-state index in [2.05, 4.69) is 42.6 Å². The third-order valence-corrected chi connectivity index (χ3v) is 5.04. The van der Waals surface area contributed by atoms with Crippen molar-refractivity contribution in [1.29, 1.82) is 0 Å². The zero-order chi connectivity index (χ0) is 14.8. The Morgan fingerprint density at radius 2 is 1.67 bits per heavy atom. The average molecular weight is 299 g/mol. The van der Waals surface area contributed by atoms with Crippen molar-refractivity contribution in [2.24, 2.45) is 0 Å². The molecule has 2 atom stereocenters. The molecular weight excluding hydrogens is 281 g/mol. The largest absolute Gasteiger partial charge is 0.303 e. The molecule has 0 radical (unpaired) electrons. The highest BCUT2D eigenvalue weighted by atomic mass is 32.1. The Kier molecular flexibility index (Phi) is 4.04. The molecule has 0 saturated carbocycles. The molecule has 3 rings (SSSR count). The summed E-state index contributed by atoms with van der Waals surface area (Å²) in [6.07, 6.45) is 0. The van der Waals surface area contributed by atoms with Crippen LogP contribution in [0.2, 0.25) is 0 Å². The van der Waals surface area contributed by atoms with Gasteiger partial charge in [0.2, 0.25) is 0 Å². The van der Waals surface area contributed by atoms with Gasteiger partial charge in [-0.3, -0.25) is 0 Å². The lowest BCUT2D eigenvalue weighted by Gasteiger charge is -2.20. The molecular formula is C18H18FNS. The van der Waals surface area contributed by atoms with E-state index in [1.165, 1.54) is 21.0 Å². The number of hydrogen-bond donors (Lipinski definition) is 1. The molecule has 1 heterocycles. The molecule has 0 bridgehead atoms. The molecule has 21 heavy (non-hydrogen) atoms. The van der Waals surface area contributed by atoms with E-state index in [1.54, 1.807) is 17.4 Å². The average Bonchev–Trinajstić information content (AvgIpc) is 2.91. The van der Waals surface area contributed by atoms with E-state index in [0.717, 1.165) is 0 Å². The highest BCUT2D eigenvalue weighted by Gasteiger charge is 2.15. The summed E-state index contributed by atoms with van der Waals surface area (Å²) in [5, 5.41) is 4.75. The van der Waals surface area contributed by atoms with E-state index in [4.69, 9.17) is 0 Å². The van der Waals surface area contributed by atoms with Crippen molar-refractivity contribution in [2.45, 2.75) is 25.9 Å². The summed E-state index contributed by atoms with van der Waals surface area (Å²) >= 11 is 1.79. The van der Waals surface area contributed by atoms with E-state index in [1.807, 2.05) is 19.1 Å². The summed E-state index contributed by atoms with van der Waals surface area (Å²) in [6.45, 7) is 4.13. The van der Waals surface area contributed by atoms with Crippen LogP contribution < -0.4 is 5.32 Å². The molecule has 0 spiro atoms. The minimum atomic E-state index is -0.152. The highest BCUT2D eigenvalue weighted by Crippen LogP contribution is 2.31. The second-order valence-electron chi connectivity index (χ2n) is 5.32. The van der Waals surface area contributed by atoms with Crippen molar-refractivity contribution in [1.82, 2.24) is 5.32 Å². The van der Waals surface area contributed by atoms with Gasteiger partial charge in [-0.25, -0.2) is 4.39 Å². The minimum Gasteiger partial charge on any atom is -0.303 e. The predicted octanol–water partition coefficient (Wildman–Crippen LogP) is 5.45. The Balaban J connectivity index is 1.79. The molecule has 1 N–H and O–H groups in total. The first-order valence-electron chi connectivity index (χ1n) is 7.14. The highest BCUT2D eigenvalue weighted by molar-refractivity contribution is 7.19. The number of rotatable bonds is 4. The Bertz CT molecular complexity index is 717. The van der Waals surface area contributed by atoms with Gasteiger partial charge in [0.05, 0.1) is 0 Å². The zero-order valence-electron chi connectivity index (χ0n) is 12.1. The molecule has 1 aromatic heterocycles. The number of halogens is 1. The maximum absolute atomic E-state index is 13.8. The number of fused-ring (bicyclic) bond motifs is 1. The van der Waals surface area contributed by atoms with Crippen LogP contribution in [0.25, 0.3) is 10.1 Å². The van der Waals surface area contributed by atoms with Crippen molar-refractivity contribution in [2.75, 3.05) is 0 Å². The summed E-state index contributed by atoms with van der Waals surface area (Å²) in [5.74, 6) is -0.152. The molecule has 0 aliphatic heterocycles. The van der Waals surface area contributed by atoms with Crippen LogP contribution in [0, 0.1) is 5.82 Å². The van der Waals surface area contributed by atoms with Gasteiger partial charge in [0.25, 0.3) is 0 Å². The van der Waals surface area contributed by atoms with Gasteiger partial charge in [-0.1, -0.05) is 36.4 Å². The van der Waals surface area contributed by atoms with Crippen molar-refractivity contribution < 1.29 is 4.39 Å². The molecule has 1 nitrogen and oxygen atoms in total. The van der Waals surface area contributed by atoms with Gasteiger partial charge in [-0.15, -0.1) is 11.3 Å². The zero-order valence-corrected chi connectivity index (χ0v) is 13.0. The molecule has 108 valence electrons. The van der Waals surface area contributed by atoms with E-state index in [0.29, 0.717) is 5.56 Å². The topological polar surface area (TPSA) is 12.0 Å². The Labute approximate surface area is 128 Å². The smallest absolute Gasteiger partial charge is 0.127 e. The maximum Gasteiger partial charge on any atom is 0.127 e. The lowest BCUT2D eigenvalue weighted by molar-refractivity contribution is 0.478. The van der Waals surface area contributed by atoms with Crippen molar-refractivity contribution in [3.63, 3.8) is 0 Å². The van der Waals surface area contributed by atoms with Gasteiger partial charge >= 0.3 is 0 Å². The van der Waals surface area contributed by atoms with Gasteiger partial charge in [0.1, 0.15) is 5.82 Å². The van der Waals surface area contributed by atoms with Crippen LogP contribution >= 0.6 is 11.3 Å². The molecule has 0 amide bonds. The summed E-state index contributed by atoms with van der Waals surface area (Å²) in [5.41, 5.74) is 0.713. The van der Waals surface area contributed by atoms with E-state index < -0.39 is 0 Å². The Morgan fingerprint density at radius 3 is 2.43 bits per heavy atom. The summed E-state index contributed by atoms with van der Waals surface area (Å²) < 4.78 is 15.1. The summed E-state index contributed by atoms with van der Waals surface area (Å²) in [4.78, 5) is 1.28. The number of benzene rings is 2. The SMILES string of the molecule is CC(N[C@H](C)c1ccccc1F)c1cc2ccccc2s1. The van der Waals surface area contributed by atoms with E-state index in [9.17, 15) is 4.39 Å². The lowest BCUT2D eigenvalue weighted by atomic mass is 10.1. The quantitative estimate of drug-likeness (QED) is 0.675. The van der Waals surface area contributed by atoms with Gasteiger partial charge in [0.15, 0.2) is 0 Å². The predicted molar refractivity (Wildman–Crippen MR) is 88.2 cm³/mol. The van der Waals surface area contributed by atoms with Crippen LogP contribution in [0.5, 0.6) is 0 Å². The molecule has 1 unspecified atom stereocenters. The fourth-order valence-corrected chi connectivity index (χ4v) is 3.67. The molecule has 3 heteroatoms. The van der Waals surface area contributed by atoms with Crippen LogP contribution in [-0.2, 0) is 0 Å². The maximum atomic E-state index is 13.8. The van der Waals surface area contributed by atoms with Crippen molar-refractivity contribution in [3.8, 4) is 0 Å². The molecule has 3 aromatic rings. The molecule has 0 aliphatic rings. The lowest BCUT2D eigenvalue weighted by Crippen LogP contribution is -2.22. The Morgan fingerprint density at radius 1 is 0.952 bits per heavy atom. The first kappa shape index (κ1) is 14.2. The number of nitrogens with one attached hydrogen (secondary N) is 1. The van der Waals surface area contributed by atoms with Crippen molar-refractivity contribution >= 4 is 21.4 Å². The molecule has 0 saturated heterocycles. The first-order valence-corrected chi connectivity index (χ1v) is 7.96. The van der Waals surface area contributed by atoms with Crippen LogP contribution in [0.15, 0.2) is 54.6 Å². The fraction of sp³-hybridized carbons (Fsp3) is 0.222. The molecule has 2 aromatic carbocycles. The second-order valence-corrected chi connectivity index (χ2v) is 6.43. The van der Waals surface area contributed by atoms with Crippen molar-refractivity contribution in [3.05, 3.63) is 70.9 Å². The summed E-state index contributed by atoms with van der Waals surface area (Å²) in [7, 11) is 0. The normalized spacial score (nSPS) is 14.2. The van der Waals surface area contributed by atoms with Gasteiger partial charge in [0, 0.05) is 27.2 Å². The molecule has 0 fully saturated rings.